The predicted molar refractivity (Wildman–Crippen MR) is 67.9 cm³/mol. The van der Waals surface area contributed by atoms with E-state index in [9.17, 15) is 22.8 Å². The molecule has 1 aromatic rings. The molecule has 0 saturated carbocycles. The summed E-state index contributed by atoms with van der Waals surface area (Å²) < 4.78 is 40.7. The summed E-state index contributed by atoms with van der Waals surface area (Å²) >= 11 is 0. The Kier molecular flexibility index (Phi) is 4.90. The number of nitrogens with zero attached hydrogens (tertiary/aromatic N) is 1. The van der Waals surface area contributed by atoms with Gasteiger partial charge in [0.05, 0.1) is 0 Å². The Labute approximate surface area is 113 Å². The molecule has 0 aliphatic heterocycles. The van der Waals surface area contributed by atoms with Crippen molar-refractivity contribution in [3.63, 3.8) is 0 Å². The molecule has 0 aliphatic rings. The van der Waals surface area contributed by atoms with Crippen LogP contribution in [0.15, 0.2) is 24.2 Å². The lowest BCUT2D eigenvalue weighted by molar-refractivity contribution is -0.114. The molecule has 0 radical (unpaired) electrons. The maximum absolute atomic E-state index is 13.6. The molecular formula is C13H13F3N2O2. The molecule has 4 nitrogen and oxygen atoms in total. The molecule has 0 aromatic heterocycles. The summed E-state index contributed by atoms with van der Waals surface area (Å²) in [4.78, 5) is 23.7. The quantitative estimate of drug-likeness (QED) is 0.683. The zero-order valence-corrected chi connectivity index (χ0v) is 11.1. The highest BCUT2D eigenvalue weighted by Crippen LogP contribution is 2.22. The minimum absolute atomic E-state index is 0.482. The molecule has 0 atom stereocenters. The van der Waals surface area contributed by atoms with Crippen LogP contribution in [0, 0.1) is 11.6 Å². The van der Waals surface area contributed by atoms with Gasteiger partial charge in [0.15, 0.2) is 5.83 Å². The fourth-order valence-electron chi connectivity index (χ4n) is 1.42. The highest BCUT2D eigenvalue weighted by atomic mass is 19.1. The summed E-state index contributed by atoms with van der Waals surface area (Å²) in [6.45, 7) is 1.08. The smallest absolute Gasteiger partial charge is 0.223 e. The molecule has 1 aromatic carbocycles. The number of rotatable bonds is 4. The summed E-state index contributed by atoms with van der Waals surface area (Å²) in [6, 6.07) is 1.33. The molecule has 0 spiro atoms. The second-order valence-electron chi connectivity index (χ2n) is 4.27. The molecule has 0 unspecified atom stereocenters. The van der Waals surface area contributed by atoms with Crippen molar-refractivity contribution >= 4 is 17.4 Å². The van der Waals surface area contributed by atoms with Crippen molar-refractivity contribution in [3.05, 3.63) is 41.4 Å². The highest BCUT2D eigenvalue weighted by Gasteiger charge is 2.19. The molecule has 0 heterocycles. The number of hydrogen-bond acceptors (Lipinski definition) is 3. The number of anilines is 1. The predicted octanol–water partition coefficient (Wildman–Crippen LogP) is 2.48. The Hall–Kier alpha value is -2.31. The van der Waals surface area contributed by atoms with E-state index in [2.05, 4.69) is 0 Å². The second-order valence-corrected chi connectivity index (χ2v) is 4.27. The molecule has 0 fully saturated rings. The lowest BCUT2D eigenvalue weighted by atomic mass is 10.1. The van der Waals surface area contributed by atoms with Crippen LogP contribution in [0.1, 0.15) is 17.3 Å². The van der Waals surface area contributed by atoms with Crippen molar-refractivity contribution in [2.45, 2.75) is 6.92 Å². The van der Waals surface area contributed by atoms with E-state index in [-0.39, 0.29) is 0 Å². The van der Waals surface area contributed by atoms with Gasteiger partial charge in [-0.25, -0.2) is 13.2 Å². The number of ketones is 1. The van der Waals surface area contributed by atoms with Gasteiger partial charge in [-0.05, 0) is 12.1 Å². The molecule has 7 heteroatoms. The fourth-order valence-corrected chi connectivity index (χ4v) is 1.42. The van der Waals surface area contributed by atoms with Gasteiger partial charge in [0.2, 0.25) is 11.7 Å². The summed E-state index contributed by atoms with van der Waals surface area (Å²) in [7, 11) is 2.99. The van der Waals surface area contributed by atoms with E-state index in [1.54, 1.807) is 0 Å². The molecule has 20 heavy (non-hydrogen) atoms. The van der Waals surface area contributed by atoms with Gasteiger partial charge in [-0.1, -0.05) is 0 Å². The van der Waals surface area contributed by atoms with Crippen LogP contribution < -0.4 is 5.32 Å². The number of amides is 1. The summed E-state index contributed by atoms with van der Waals surface area (Å²) in [5.41, 5.74) is -1.16. The maximum Gasteiger partial charge on any atom is 0.223 e. The average Bonchev–Trinajstić information content (AvgIpc) is 2.31. The molecule has 1 amide bonds. The summed E-state index contributed by atoms with van der Waals surface area (Å²) in [5.74, 6) is -5.27. The van der Waals surface area contributed by atoms with Crippen molar-refractivity contribution in [3.8, 4) is 0 Å². The van der Waals surface area contributed by atoms with Crippen molar-refractivity contribution in [2.75, 3.05) is 19.4 Å². The zero-order chi connectivity index (χ0) is 15.4. The average molecular weight is 286 g/mol. The molecule has 1 N–H and O–H groups in total. The van der Waals surface area contributed by atoms with Crippen LogP contribution in [0.3, 0.4) is 0 Å². The van der Waals surface area contributed by atoms with Gasteiger partial charge in [-0.3, -0.25) is 9.59 Å². The van der Waals surface area contributed by atoms with Crippen molar-refractivity contribution in [2.24, 2.45) is 0 Å². The molecule has 0 bridgehead atoms. The normalized spacial score (nSPS) is 11.2. The number of hydrogen-bond donors (Lipinski definition) is 1. The minimum Gasteiger partial charge on any atom is -0.381 e. The van der Waals surface area contributed by atoms with Gasteiger partial charge < -0.3 is 10.2 Å². The van der Waals surface area contributed by atoms with E-state index in [1.807, 2.05) is 5.32 Å². The van der Waals surface area contributed by atoms with Crippen molar-refractivity contribution in [1.29, 1.82) is 0 Å². The highest BCUT2D eigenvalue weighted by molar-refractivity contribution is 6.07. The molecule has 1 rings (SSSR count). The van der Waals surface area contributed by atoms with E-state index < -0.39 is 40.4 Å². The van der Waals surface area contributed by atoms with Crippen LogP contribution in [-0.2, 0) is 4.79 Å². The Morgan fingerprint density at radius 2 is 1.70 bits per heavy atom. The Bertz CT molecular complexity index is 560. The van der Waals surface area contributed by atoms with Crippen LogP contribution in [0.2, 0.25) is 0 Å². The van der Waals surface area contributed by atoms with Crippen LogP contribution in [0.4, 0.5) is 18.9 Å². The number of benzene rings is 1. The van der Waals surface area contributed by atoms with Crippen molar-refractivity contribution in [1.82, 2.24) is 4.90 Å². The van der Waals surface area contributed by atoms with Gasteiger partial charge >= 0.3 is 0 Å². The largest absolute Gasteiger partial charge is 0.381 e. The van der Waals surface area contributed by atoms with E-state index in [1.165, 1.54) is 19.0 Å². The Balaban J connectivity index is 3.17. The first-order chi connectivity index (χ1) is 9.22. The minimum atomic E-state index is -1.15. The standard InChI is InChI=1S/C13H13F3N2O2/c1-7(19)17-12-9(14)4-8(5-10(12)15)13(20)11(16)6-18(2)3/h4-6H,1-3H3,(H,17,19)/b11-6-. The molecule has 108 valence electrons. The molecule has 0 saturated heterocycles. The van der Waals surface area contributed by atoms with Gasteiger partial charge in [-0.15, -0.1) is 0 Å². The van der Waals surface area contributed by atoms with E-state index in [4.69, 9.17) is 0 Å². The Morgan fingerprint density at radius 3 is 2.10 bits per heavy atom. The zero-order valence-electron chi connectivity index (χ0n) is 11.1. The van der Waals surface area contributed by atoms with E-state index >= 15 is 0 Å². The van der Waals surface area contributed by atoms with E-state index in [0.717, 1.165) is 13.1 Å². The first-order valence-corrected chi connectivity index (χ1v) is 5.57. The third kappa shape index (κ3) is 3.84. The van der Waals surface area contributed by atoms with Crippen LogP contribution >= 0.6 is 0 Å². The Morgan fingerprint density at radius 1 is 1.20 bits per heavy atom. The lowest BCUT2D eigenvalue weighted by Crippen LogP contribution is -2.12. The van der Waals surface area contributed by atoms with Gasteiger partial charge in [0.25, 0.3) is 0 Å². The van der Waals surface area contributed by atoms with Crippen LogP contribution in [-0.4, -0.2) is 30.7 Å². The second kappa shape index (κ2) is 6.23. The number of nitrogens with one attached hydrogen (secondary N) is 1. The first-order valence-electron chi connectivity index (χ1n) is 5.57. The number of Topliss-reactive ketones (excluding diaryl/α,β-unsaturated/α-hetero) is 1. The van der Waals surface area contributed by atoms with Crippen molar-refractivity contribution < 1.29 is 22.8 Å². The lowest BCUT2D eigenvalue weighted by Gasteiger charge is -2.08. The number of carbonyl (C=O) groups is 2. The summed E-state index contributed by atoms with van der Waals surface area (Å²) in [6.07, 6.45) is 0.889. The number of allylic oxidation sites excluding steroid dienone is 1. The van der Waals surface area contributed by atoms with Crippen LogP contribution in [0.25, 0.3) is 0 Å². The topological polar surface area (TPSA) is 49.4 Å². The van der Waals surface area contributed by atoms with Gasteiger partial charge in [-0.2, -0.15) is 0 Å². The molecule has 0 aliphatic carbocycles. The SMILES string of the molecule is CC(=O)Nc1c(F)cc(C(=O)/C(F)=C/N(C)C)cc1F. The maximum atomic E-state index is 13.6. The molecular weight excluding hydrogens is 273 g/mol. The third-order valence-electron chi connectivity index (χ3n) is 2.19. The summed E-state index contributed by atoms with van der Waals surface area (Å²) in [5, 5.41) is 1.95. The number of carbonyl (C=O) groups excluding carboxylic acids is 2. The first kappa shape index (κ1) is 15.7. The van der Waals surface area contributed by atoms with Gasteiger partial charge in [0.1, 0.15) is 17.3 Å². The van der Waals surface area contributed by atoms with Gasteiger partial charge in [0, 0.05) is 32.8 Å². The van der Waals surface area contributed by atoms with Crippen LogP contribution in [0.5, 0.6) is 0 Å². The monoisotopic (exact) mass is 286 g/mol. The number of halogens is 3. The van der Waals surface area contributed by atoms with E-state index in [0.29, 0.717) is 12.1 Å². The fraction of sp³-hybridized carbons (Fsp3) is 0.231. The third-order valence-corrected chi connectivity index (χ3v) is 2.19.